The van der Waals surface area contributed by atoms with Crippen LogP contribution in [0.5, 0.6) is 0 Å². The Balaban J connectivity index is 2.40. The lowest BCUT2D eigenvalue weighted by molar-refractivity contribution is -0.577. The number of nitrogens with zero attached hydrogens (tertiary/aromatic N) is 5. The molecule has 0 aliphatic carbocycles. The molecule has 14 heteroatoms. The predicted molar refractivity (Wildman–Crippen MR) is 119 cm³/mol. The summed E-state index contributed by atoms with van der Waals surface area (Å²) >= 11 is 0. The lowest BCUT2D eigenvalue weighted by atomic mass is 9.79. The second-order valence-corrected chi connectivity index (χ2v) is 7.70. The highest BCUT2D eigenvalue weighted by Crippen LogP contribution is 2.39. The van der Waals surface area contributed by atoms with Gasteiger partial charge in [0, 0.05) is 31.2 Å². The SMILES string of the molecule is C=NN(/C=[N+](\C)C(C)OC(=O)OCC(=O)O)C[C@](O)(c1ccc(F)cc1F)[C@@H](C)c1ncncc1F. The van der Waals surface area contributed by atoms with Gasteiger partial charge in [0.2, 0.25) is 6.23 Å². The van der Waals surface area contributed by atoms with E-state index in [1.54, 1.807) is 0 Å². The minimum atomic E-state index is -2.23. The Morgan fingerprint density at radius 1 is 1.31 bits per heavy atom. The average molecular weight is 512 g/mol. The third-order valence-electron chi connectivity index (χ3n) is 5.27. The van der Waals surface area contributed by atoms with Gasteiger partial charge in [0.05, 0.1) is 18.9 Å². The van der Waals surface area contributed by atoms with Gasteiger partial charge in [0.1, 0.15) is 30.1 Å². The number of aromatic nitrogens is 2. The summed E-state index contributed by atoms with van der Waals surface area (Å²) in [5.74, 6) is -5.39. The van der Waals surface area contributed by atoms with Gasteiger partial charge >= 0.3 is 12.1 Å². The van der Waals surface area contributed by atoms with Crippen molar-refractivity contribution >= 4 is 25.2 Å². The molecule has 0 saturated carbocycles. The zero-order chi connectivity index (χ0) is 27.0. The molecule has 0 radical (unpaired) electrons. The van der Waals surface area contributed by atoms with E-state index in [0.717, 1.165) is 29.7 Å². The molecule has 2 rings (SSSR count). The van der Waals surface area contributed by atoms with Crippen LogP contribution in [0.4, 0.5) is 18.0 Å². The minimum absolute atomic E-state index is 0.230. The number of carboxylic acid groups (broad SMARTS) is 1. The van der Waals surface area contributed by atoms with Crippen molar-refractivity contribution in [1.29, 1.82) is 0 Å². The summed E-state index contributed by atoms with van der Waals surface area (Å²) in [6.45, 7) is 4.80. The predicted octanol–water partition coefficient (Wildman–Crippen LogP) is 2.06. The van der Waals surface area contributed by atoms with Crippen molar-refractivity contribution < 1.29 is 47.0 Å². The molecule has 1 aromatic heterocycles. The lowest BCUT2D eigenvalue weighted by Gasteiger charge is -2.34. The zero-order valence-corrected chi connectivity index (χ0v) is 19.6. The number of carbonyl (C=O) groups is 2. The maximum Gasteiger partial charge on any atom is 0.512 e. The van der Waals surface area contributed by atoms with Crippen LogP contribution in [-0.4, -0.2) is 81.4 Å². The molecule has 0 aliphatic rings. The van der Waals surface area contributed by atoms with Gasteiger partial charge in [-0.25, -0.2) is 37.3 Å². The van der Waals surface area contributed by atoms with Crippen LogP contribution in [0, 0.1) is 17.5 Å². The van der Waals surface area contributed by atoms with Gasteiger partial charge in [0.15, 0.2) is 12.4 Å². The second-order valence-electron chi connectivity index (χ2n) is 7.70. The van der Waals surface area contributed by atoms with E-state index in [0.29, 0.717) is 6.07 Å². The Morgan fingerprint density at radius 3 is 2.58 bits per heavy atom. The van der Waals surface area contributed by atoms with Gasteiger partial charge in [-0.3, -0.25) is 0 Å². The van der Waals surface area contributed by atoms with Crippen molar-refractivity contribution in [3.63, 3.8) is 0 Å². The number of benzene rings is 1. The molecule has 0 fully saturated rings. The van der Waals surface area contributed by atoms with Crippen LogP contribution >= 0.6 is 0 Å². The van der Waals surface area contributed by atoms with E-state index in [2.05, 4.69) is 26.5 Å². The summed E-state index contributed by atoms with van der Waals surface area (Å²) in [6.07, 6.45) is 0.912. The maximum absolute atomic E-state index is 14.8. The number of aliphatic hydroxyl groups is 1. The van der Waals surface area contributed by atoms with E-state index < -0.39 is 60.5 Å². The first-order valence-corrected chi connectivity index (χ1v) is 10.4. The molecule has 36 heavy (non-hydrogen) atoms. The van der Waals surface area contributed by atoms with E-state index in [9.17, 15) is 27.9 Å². The van der Waals surface area contributed by atoms with Gasteiger partial charge in [-0.1, -0.05) is 13.0 Å². The first-order chi connectivity index (χ1) is 16.9. The first kappa shape index (κ1) is 28.2. The molecule has 194 valence electrons. The van der Waals surface area contributed by atoms with E-state index >= 15 is 0 Å². The van der Waals surface area contributed by atoms with Crippen LogP contribution in [0.15, 0.2) is 35.8 Å². The average Bonchev–Trinajstić information content (AvgIpc) is 2.81. The van der Waals surface area contributed by atoms with Gasteiger partial charge in [0.25, 0.3) is 6.34 Å². The van der Waals surface area contributed by atoms with Crippen molar-refractivity contribution in [3.05, 3.63) is 59.4 Å². The normalized spacial score (nSPS) is 14.8. The Hall–Kier alpha value is -4.07. The third-order valence-corrected chi connectivity index (χ3v) is 5.27. The number of carboxylic acids is 1. The lowest BCUT2D eigenvalue weighted by Crippen LogP contribution is -2.45. The zero-order valence-electron chi connectivity index (χ0n) is 19.6. The van der Waals surface area contributed by atoms with E-state index in [4.69, 9.17) is 9.84 Å². The molecule has 0 bridgehead atoms. The van der Waals surface area contributed by atoms with Gasteiger partial charge in [-0.05, 0) is 6.07 Å². The Bertz CT molecular complexity index is 1150. The molecule has 1 heterocycles. The summed E-state index contributed by atoms with van der Waals surface area (Å²) in [5.41, 5.74) is -2.82. The fraction of sp³-hybridized carbons (Fsp3) is 0.364. The fourth-order valence-corrected chi connectivity index (χ4v) is 3.22. The van der Waals surface area contributed by atoms with Crippen LogP contribution in [0.1, 0.15) is 31.0 Å². The second kappa shape index (κ2) is 12.1. The minimum Gasteiger partial charge on any atom is -0.479 e. The van der Waals surface area contributed by atoms with E-state index in [-0.39, 0.29) is 11.3 Å². The summed E-state index contributed by atoms with van der Waals surface area (Å²) in [7, 11) is 1.44. The number of hydrogen-bond acceptors (Lipinski definition) is 8. The van der Waals surface area contributed by atoms with Crippen molar-refractivity contribution in [3.8, 4) is 0 Å². The third kappa shape index (κ3) is 6.97. The molecular weight excluding hydrogens is 487 g/mol. The molecule has 2 N–H and O–H groups in total. The number of hydrazone groups is 1. The van der Waals surface area contributed by atoms with Crippen molar-refractivity contribution in [2.24, 2.45) is 5.10 Å². The number of rotatable bonds is 11. The Morgan fingerprint density at radius 2 is 2.00 bits per heavy atom. The smallest absolute Gasteiger partial charge is 0.479 e. The molecule has 0 saturated heterocycles. The van der Waals surface area contributed by atoms with Crippen molar-refractivity contribution in [2.45, 2.75) is 31.6 Å². The highest BCUT2D eigenvalue weighted by atomic mass is 19.1. The van der Waals surface area contributed by atoms with Gasteiger partial charge in [-0.2, -0.15) is 0 Å². The number of carbonyl (C=O) groups excluding carboxylic acids is 1. The molecule has 11 nitrogen and oxygen atoms in total. The van der Waals surface area contributed by atoms with Crippen molar-refractivity contribution in [2.75, 3.05) is 20.2 Å². The standard InChI is InChI=1S/C22H24F3N5O6/c1-13(20-18(25)8-27-11-28-20)22(34,16-6-5-15(23)7-17(16)24)10-30(26-3)12-29(4)14(2)36-21(33)35-9-19(31)32/h5-8,11-14,34H,3,9-10H2,1-2,4H3/p+1/t13-,14?,22+/m0/s1. The number of halogens is 3. The molecule has 2 aromatic rings. The fourth-order valence-electron chi connectivity index (χ4n) is 3.22. The van der Waals surface area contributed by atoms with Crippen LogP contribution in [0.2, 0.25) is 0 Å². The molecule has 3 atom stereocenters. The Labute approximate surface area is 204 Å². The molecule has 0 amide bonds. The van der Waals surface area contributed by atoms with Crippen LogP contribution in [0.25, 0.3) is 0 Å². The molecule has 0 aliphatic heterocycles. The number of hydrogen-bond donors (Lipinski definition) is 2. The summed E-state index contributed by atoms with van der Waals surface area (Å²) < 4.78 is 53.5. The Kier molecular flexibility index (Phi) is 9.44. The molecular formula is C22H25F3N5O6+. The van der Waals surface area contributed by atoms with Crippen LogP contribution in [-0.2, 0) is 19.9 Å². The molecule has 1 unspecified atom stereocenters. The van der Waals surface area contributed by atoms with Crippen molar-refractivity contribution in [1.82, 2.24) is 15.0 Å². The topological polar surface area (TPSA) is 137 Å². The highest BCUT2D eigenvalue weighted by molar-refractivity contribution is 5.71. The first-order valence-electron chi connectivity index (χ1n) is 10.4. The summed E-state index contributed by atoms with van der Waals surface area (Å²) in [6, 6.07) is 2.53. The van der Waals surface area contributed by atoms with Gasteiger partial charge < -0.3 is 19.7 Å². The van der Waals surface area contributed by atoms with E-state index in [1.165, 1.54) is 31.8 Å². The largest absolute Gasteiger partial charge is 0.512 e. The number of aliphatic carboxylic acids is 1. The van der Waals surface area contributed by atoms with Crippen LogP contribution < -0.4 is 0 Å². The van der Waals surface area contributed by atoms with Gasteiger partial charge in [-0.15, -0.1) is 10.1 Å². The van der Waals surface area contributed by atoms with Crippen LogP contribution in [0.3, 0.4) is 0 Å². The quantitative estimate of drug-likeness (QED) is 0.116. The molecule has 0 spiro atoms. The summed E-state index contributed by atoms with van der Waals surface area (Å²) in [5, 5.41) is 25.1. The number of ether oxygens (including phenoxy) is 2. The molecule has 1 aromatic carbocycles. The monoisotopic (exact) mass is 512 g/mol. The highest BCUT2D eigenvalue weighted by Gasteiger charge is 2.44. The maximum atomic E-state index is 14.8. The van der Waals surface area contributed by atoms with E-state index in [1.807, 2.05) is 0 Å². The summed E-state index contributed by atoms with van der Waals surface area (Å²) in [4.78, 5) is 29.5.